The molecule has 1 fully saturated rings. The van der Waals surface area contributed by atoms with Gasteiger partial charge >= 0.3 is 5.97 Å². The quantitative estimate of drug-likeness (QED) is 0.533. The molecule has 2 aromatic carbocycles. The number of hydrogen-bond donors (Lipinski definition) is 1. The van der Waals surface area contributed by atoms with Crippen molar-refractivity contribution in [1.29, 1.82) is 5.26 Å². The van der Waals surface area contributed by atoms with E-state index in [1.807, 2.05) is 19.9 Å². The Labute approximate surface area is 190 Å². The van der Waals surface area contributed by atoms with Crippen molar-refractivity contribution >= 4 is 17.6 Å². The summed E-state index contributed by atoms with van der Waals surface area (Å²) in [6, 6.07) is 12.5. The number of carbonyl (C=O) groups is 1. The Morgan fingerprint density at radius 3 is 2.84 bits per heavy atom. The summed E-state index contributed by atoms with van der Waals surface area (Å²) in [5, 5.41) is 17.1. The molecule has 0 saturated carbocycles. The average Bonchev–Trinajstić information content (AvgIpc) is 3.41. The highest BCUT2D eigenvalue weighted by molar-refractivity contribution is 6.33. The van der Waals surface area contributed by atoms with E-state index in [-0.39, 0.29) is 24.0 Å². The lowest BCUT2D eigenvalue weighted by Crippen LogP contribution is -2.32. The van der Waals surface area contributed by atoms with Crippen molar-refractivity contribution in [2.75, 3.05) is 6.61 Å². The number of cyclic esters (lactones) is 1. The molecule has 1 unspecified atom stereocenters. The summed E-state index contributed by atoms with van der Waals surface area (Å²) < 4.78 is 16.0. The van der Waals surface area contributed by atoms with Gasteiger partial charge in [-0.25, -0.2) is 0 Å². The highest BCUT2D eigenvalue weighted by Crippen LogP contribution is 2.31. The van der Waals surface area contributed by atoms with Crippen LogP contribution >= 0.6 is 11.6 Å². The van der Waals surface area contributed by atoms with Gasteiger partial charge in [0, 0.05) is 24.1 Å². The molecular formula is C23H21ClN4O4. The molecule has 8 nitrogen and oxygen atoms in total. The maximum absolute atomic E-state index is 11.6. The van der Waals surface area contributed by atoms with Gasteiger partial charge in [0.2, 0.25) is 5.82 Å². The summed E-state index contributed by atoms with van der Waals surface area (Å²) >= 11 is 6.46. The number of nitrogens with zero attached hydrogens (tertiary/aromatic N) is 3. The van der Waals surface area contributed by atoms with E-state index in [0.717, 1.165) is 5.56 Å². The van der Waals surface area contributed by atoms with Crippen LogP contribution in [0.2, 0.25) is 5.02 Å². The summed E-state index contributed by atoms with van der Waals surface area (Å²) in [7, 11) is 0. The fraction of sp³-hybridized carbons (Fsp3) is 0.304. The zero-order valence-electron chi connectivity index (χ0n) is 17.6. The van der Waals surface area contributed by atoms with E-state index in [9.17, 15) is 10.1 Å². The van der Waals surface area contributed by atoms with Crippen LogP contribution in [-0.2, 0) is 16.1 Å². The lowest BCUT2D eigenvalue weighted by molar-refractivity contribution is -0.139. The highest BCUT2D eigenvalue weighted by atomic mass is 35.5. The second-order valence-electron chi connectivity index (χ2n) is 7.62. The molecule has 1 aromatic heterocycles. The van der Waals surface area contributed by atoms with Gasteiger partial charge in [0.1, 0.15) is 17.9 Å². The molecule has 3 aromatic rings. The van der Waals surface area contributed by atoms with Crippen LogP contribution in [0, 0.1) is 11.3 Å². The zero-order chi connectivity index (χ0) is 22.7. The van der Waals surface area contributed by atoms with E-state index in [2.05, 4.69) is 21.5 Å². The molecule has 4 rings (SSSR count). The topological polar surface area (TPSA) is 110 Å². The second kappa shape index (κ2) is 9.39. The van der Waals surface area contributed by atoms with E-state index in [1.54, 1.807) is 30.3 Å². The summed E-state index contributed by atoms with van der Waals surface area (Å²) in [5.41, 5.74) is 2.53. The molecule has 0 amide bonds. The normalized spacial score (nSPS) is 15.6. The third-order valence-electron chi connectivity index (χ3n) is 4.90. The molecule has 32 heavy (non-hydrogen) atoms. The van der Waals surface area contributed by atoms with Crippen LogP contribution < -0.4 is 10.1 Å². The lowest BCUT2D eigenvalue weighted by Gasteiger charge is -2.11. The van der Waals surface area contributed by atoms with E-state index >= 15 is 0 Å². The summed E-state index contributed by atoms with van der Waals surface area (Å²) in [6.45, 7) is 4.72. The molecule has 0 bridgehead atoms. The molecule has 9 heteroatoms. The van der Waals surface area contributed by atoms with E-state index < -0.39 is 0 Å². The fourth-order valence-electron chi connectivity index (χ4n) is 3.33. The standard InChI is InChI=1S/C23H21ClN4O4/c1-13(2)31-20-6-4-15(10-16(20)11-25)22-27-21(28-32-22)17-5-3-14(9-18(17)24)12-26-19-7-8-30-23(19)29/h3-6,9-10,13,19,26H,7-8,12H2,1-2H3. The molecule has 1 aliphatic rings. The van der Waals surface area contributed by atoms with Crippen LogP contribution in [0.5, 0.6) is 5.75 Å². The maximum Gasteiger partial charge on any atom is 0.323 e. The third-order valence-corrected chi connectivity index (χ3v) is 5.21. The van der Waals surface area contributed by atoms with Gasteiger partial charge in [-0.3, -0.25) is 4.79 Å². The minimum absolute atomic E-state index is 0.0461. The van der Waals surface area contributed by atoms with Crippen molar-refractivity contribution in [3.63, 3.8) is 0 Å². The van der Waals surface area contributed by atoms with Crippen LogP contribution in [0.15, 0.2) is 40.9 Å². The van der Waals surface area contributed by atoms with Gasteiger partial charge in [0.25, 0.3) is 5.89 Å². The minimum atomic E-state index is -0.288. The smallest absolute Gasteiger partial charge is 0.323 e. The molecule has 1 atom stereocenters. The van der Waals surface area contributed by atoms with Crippen LogP contribution in [0.4, 0.5) is 0 Å². The molecule has 0 radical (unpaired) electrons. The molecule has 2 heterocycles. The summed E-state index contributed by atoms with van der Waals surface area (Å²) in [4.78, 5) is 16.0. The minimum Gasteiger partial charge on any atom is -0.490 e. The maximum atomic E-state index is 11.6. The number of nitrogens with one attached hydrogen (secondary N) is 1. The first-order chi connectivity index (χ1) is 15.4. The van der Waals surface area contributed by atoms with Crippen molar-refractivity contribution in [3.05, 3.63) is 52.5 Å². The van der Waals surface area contributed by atoms with Gasteiger partial charge in [0.15, 0.2) is 0 Å². The third kappa shape index (κ3) is 4.74. The van der Waals surface area contributed by atoms with Crippen molar-refractivity contribution < 1.29 is 18.8 Å². The summed E-state index contributed by atoms with van der Waals surface area (Å²) in [6.07, 6.45) is 0.615. The number of aromatic nitrogens is 2. The summed E-state index contributed by atoms with van der Waals surface area (Å²) in [5.74, 6) is 0.888. The Morgan fingerprint density at radius 1 is 1.31 bits per heavy atom. The van der Waals surface area contributed by atoms with E-state index in [4.69, 9.17) is 25.6 Å². The van der Waals surface area contributed by atoms with Gasteiger partial charge in [-0.15, -0.1) is 0 Å². The highest BCUT2D eigenvalue weighted by Gasteiger charge is 2.25. The Hall–Kier alpha value is -3.41. The lowest BCUT2D eigenvalue weighted by atomic mass is 10.1. The number of rotatable bonds is 7. The number of ether oxygens (including phenoxy) is 2. The molecule has 0 spiro atoms. The number of hydrogen-bond acceptors (Lipinski definition) is 8. The first-order valence-corrected chi connectivity index (χ1v) is 10.6. The number of carbonyl (C=O) groups excluding carboxylic acids is 1. The zero-order valence-corrected chi connectivity index (χ0v) is 18.3. The fourth-order valence-corrected chi connectivity index (χ4v) is 3.62. The number of benzene rings is 2. The number of halogens is 1. The Kier molecular flexibility index (Phi) is 6.40. The number of esters is 1. The van der Waals surface area contributed by atoms with Crippen LogP contribution in [-0.4, -0.2) is 34.9 Å². The van der Waals surface area contributed by atoms with Gasteiger partial charge < -0.3 is 19.3 Å². The van der Waals surface area contributed by atoms with Crippen LogP contribution in [0.3, 0.4) is 0 Å². The Balaban J connectivity index is 1.51. The average molecular weight is 453 g/mol. The monoisotopic (exact) mass is 452 g/mol. The van der Waals surface area contributed by atoms with Gasteiger partial charge in [0.05, 0.1) is 23.3 Å². The Morgan fingerprint density at radius 2 is 2.16 bits per heavy atom. The molecule has 1 N–H and O–H groups in total. The van der Waals surface area contributed by atoms with Gasteiger partial charge in [-0.1, -0.05) is 22.8 Å². The SMILES string of the molecule is CC(C)Oc1ccc(-c2nc(-c3ccc(CNC4CCOC4=O)cc3Cl)no2)cc1C#N. The van der Waals surface area contributed by atoms with Crippen molar-refractivity contribution in [2.45, 2.75) is 39.0 Å². The predicted octanol–water partition coefficient (Wildman–Crippen LogP) is 4.12. The van der Waals surface area contributed by atoms with Crippen molar-refractivity contribution in [2.24, 2.45) is 0 Å². The molecular weight excluding hydrogens is 432 g/mol. The van der Waals surface area contributed by atoms with E-state index in [1.165, 1.54) is 0 Å². The van der Waals surface area contributed by atoms with Crippen molar-refractivity contribution in [1.82, 2.24) is 15.5 Å². The predicted molar refractivity (Wildman–Crippen MR) is 117 cm³/mol. The molecule has 1 aliphatic heterocycles. The van der Waals surface area contributed by atoms with E-state index in [0.29, 0.717) is 52.9 Å². The largest absolute Gasteiger partial charge is 0.490 e. The molecule has 164 valence electrons. The molecule has 1 saturated heterocycles. The second-order valence-corrected chi connectivity index (χ2v) is 8.02. The van der Waals surface area contributed by atoms with Gasteiger partial charge in [-0.05, 0) is 49.7 Å². The first-order valence-electron chi connectivity index (χ1n) is 10.2. The number of nitriles is 1. The van der Waals surface area contributed by atoms with Crippen molar-refractivity contribution in [3.8, 4) is 34.7 Å². The Bertz CT molecular complexity index is 1180. The molecule has 0 aliphatic carbocycles. The van der Waals surface area contributed by atoms with Crippen LogP contribution in [0.25, 0.3) is 22.8 Å². The van der Waals surface area contributed by atoms with Gasteiger partial charge in [-0.2, -0.15) is 10.2 Å². The first kappa shape index (κ1) is 21.8. The van der Waals surface area contributed by atoms with Crippen LogP contribution in [0.1, 0.15) is 31.4 Å².